The maximum Gasteiger partial charge on any atom is 0.191 e. The minimum Gasteiger partial charge on any atom is -0.377 e. The van der Waals surface area contributed by atoms with Gasteiger partial charge in [-0.25, -0.2) is 9.38 Å². The van der Waals surface area contributed by atoms with Gasteiger partial charge in [0.15, 0.2) is 5.96 Å². The van der Waals surface area contributed by atoms with Crippen molar-refractivity contribution in [1.82, 2.24) is 9.80 Å². The van der Waals surface area contributed by atoms with Crippen LogP contribution in [0.25, 0.3) is 0 Å². The van der Waals surface area contributed by atoms with Crippen LogP contribution in [-0.4, -0.2) is 80.2 Å². The second-order valence-electron chi connectivity index (χ2n) is 6.10. The molecule has 5 nitrogen and oxygen atoms in total. The van der Waals surface area contributed by atoms with Crippen molar-refractivity contribution in [3.05, 3.63) is 11.6 Å². The van der Waals surface area contributed by atoms with Gasteiger partial charge in [0.1, 0.15) is 6.67 Å². The highest BCUT2D eigenvalue weighted by molar-refractivity contribution is 9.09. The highest BCUT2D eigenvalue weighted by Gasteiger charge is 2.18. The molecule has 2 rings (SSSR count). The van der Waals surface area contributed by atoms with E-state index in [1.54, 1.807) is 0 Å². The third kappa shape index (κ3) is 6.08. The Morgan fingerprint density at radius 1 is 1.46 bits per heavy atom. The Labute approximate surface area is 152 Å². The number of nitrogens with two attached hydrogens (primary N) is 1. The van der Waals surface area contributed by atoms with Crippen LogP contribution in [0.1, 0.15) is 6.42 Å². The summed E-state index contributed by atoms with van der Waals surface area (Å²) in [5, 5.41) is 0. The molecule has 1 aliphatic carbocycles. The maximum atomic E-state index is 12.1. The first kappa shape index (κ1) is 19.2. The normalized spacial score (nSPS) is 25.7. The number of ether oxygens (including phenoxy) is 1. The van der Waals surface area contributed by atoms with Gasteiger partial charge in [0, 0.05) is 37.4 Å². The number of hydrogen-bond donors (Lipinski definition) is 1. The molecular weight excluding hydrogens is 375 g/mol. The zero-order valence-corrected chi connectivity index (χ0v) is 15.8. The second kappa shape index (κ2) is 10.0. The van der Waals surface area contributed by atoms with Crippen LogP contribution in [-0.2, 0) is 4.74 Å². The first-order valence-corrected chi connectivity index (χ1v) is 9.21. The average Bonchev–Trinajstić information content (AvgIpc) is 2.75. The van der Waals surface area contributed by atoms with Gasteiger partial charge < -0.3 is 20.3 Å². The standard InChI is InChI=1S/C17H26BrFN4O/c1-22-6-8-23(9-7-22)17(20)21-12-14-3-2-4-15(16(18)11-14)13-24-10-5-19/h11,15-16H,3,5-10,12-13H2,1H3,(H2,20,21). The molecule has 7 heteroatoms. The van der Waals surface area contributed by atoms with Crippen LogP contribution in [0.2, 0.25) is 0 Å². The lowest BCUT2D eigenvalue weighted by Crippen LogP contribution is -2.49. The van der Waals surface area contributed by atoms with Crippen molar-refractivity contribution in [2.45, 2.75) is 11.2 Å². The molecule has 2 atom stereocenters. The van der Waals surface area contributed by atoms with E-state index in [0.717, 1.165) is 31.8 Å². The van der Waals surface area contributed by atoms with E-state index in [1.807, 2.05) is 0 Å². The van der Waals surface area contributed by atoms with Crippen LogP contribution in [0.15, 0.2) is 16.6 Å². The number of rotatable bonds is 6. The number of halogens is 2. The first-order chi connectivity index (χ1) is 11.6. The van der Waals surface area contributed by atoms with Gasteiger partial charge in [-0.15, -0.1) is 0 Å². The Bertz CT molecular complexity index is 520. The van der Waals surface area contributed by atoms with Gasteiger partial charge in [0.25, 0.3) is 0 Å². The number of aliphatic imine (C=N–C) groups is 1. The van der Waals surface area contributed by atoms with Gasteiger partial charge in [-0.2, -0.15) is 0 Å². The molecule has 0 spiro atoms. The van der Waals surface area contributed by atoms with Crippen molar-refractivity contribution in [1.29, 1.82) is 0 Å². The molecule has 2 N–H and O–H groups in total. The van der Waals surface area contributed by atoms with Gasteiger partial charge in [0.05, 0.1) is 25.7 Å². The average molecular weight is 401 g/mol. The summed E-state index contributed by atoms with van der Waals surface area (Å²) < 4.78 is 17.4. The van der Waals surface area contributed by atoms with Crippen LogP contribution >= 0.6 is 15.9 Å². The molecule has 1 fully saturated rings. The third-order valence-electron chi connectivity index (χ3n) is 4.17. The minimum absolute atomic E-state index is 0.0352. The van der Waals surface area contributed by atoms with E-state index in [2.05, 4.69) is 55.7 Å². The maximum absolute atomic E-state index is 12.1. The topological polar surface area (TPSA) is 54.1 Å². The first-order valence-electron chi connectivity index (χ1n) is 8.29. The summed E-state index contributed by atoms with van der Waals surface area (Å²) in [6, 6.07) is 0. The Morgan fingerprint density at radius 3 is 2.92 bits per heavy atom. The van der Waals surface area contributed by atoms with Gasteiger partial charge in [0.2, 0.25) is 0 Å². The largest absolute Gasteiger partial charge is 0.377 e. The molecular formula is C17H26BrFN4O. The molecule has 0 aromatic heterocycles. The molecule has 0 saturated carbocycles. The fourth-order valence-electron chi connectivity index (χ4n) is 2.60. The summed E-state index contributed by atoms with van der Waals surface area (Å²) in [6.45, 7) is 4.51. The molecule has 2 unspecified atom stereocenters. The van der Waals surface area contributed by atoms with Crippen molar-refractivity contribution < 1.29 is 9.13 Å². The molecule has 1 heterocycles. The van der Waals surface area contributed by atoms with E-state index >= 15 is 0 Å². The Kier molecular flexibility index (Phi) is 8.03. The quantitative estimate of drug-likeness (QED) is 0.182. The number of piperazine rings is 1. The number of alkyl halides is 2. The summed E-state index contributed by atoms with van der Waals surface area (Å²) in [7, 11) is 2.11. The molecule has 24 heavy (non-hydrogen) atoms. The van der Waals surface area contributed by atoms with E-state index in [0.29, 0.717) is 25.5 Å². The van der Waals surface area contributed by atoms with Gasteiger partial charge in [-0.3, -0.25) is 0 Å². The fourth-order valence-corrected chi connectivity index (χ4v) is 3.26. The van der Waals surface area contributed by atoms with Gasteiger partial charge in [-0.05, 0) is 12.6 Å². The highest BCUT2D eigenvalue weighted by atomic mass is 79.9. The number of hydrogen-bond acceptors (Lipinski definition) is 3. The number of likely N-dealkylation sites (N-methyl/N-ethyl adjacent to an activating group) is 1. The summed E-state index contributed by atoms with van der Waals surface area (Å²) in [4.78, 5) is 9.04. The Hall–Kier alpha value is -1.10. The van der Waals surface area contributed by atoms with E-state index < -0.39 is 6.67 Å². The van der Waals surface area contributed by atoms with E-state index in [9.17, 15) is 4.39 Å². The predicted molar refractivity (Wildman–Crippen MR) is 99.0 cm³/mol. The lowest BCUT2D eigenvalue weighted by molar-refractivity contribution is 0.104. The van der Waals surface area contributed by atoms with Crippen LogP contribution in [0.3, 0.4) is 0 Å². The van der Waals surface area contributed by atoms with Crippen LogP contribution in [0, 0.1) is 17.8 Å². The van der Waals surface area contributed by atoms with Gasteiger partial charge >= 0.3 is 0 Å². The Morgan fingerprint density at radius 2 is 2.21 bits per heavy atom. The lowest BCUT2D eigenvalue weighted by Gasteiger charge is -2.33. The molecule has 0 bridgehead atoms. The lowest BCUT2D eigenvalue weighted by atomic mass is 10.1. The van der Waals surface area contributed by atoms with Crippen LogP contribution in [0.4, 0.5) is 4.39 Å². The molecule has 0 radical (unpaired) electrons. The molecule has 0 amide bonds. The molecule has 0 aromatic rings. The fraction of sp³-hybridized carbons (Fsp3) is 0.706. The highest BCUT2D eigenvalue weighted by Crippen LogP contribution is 2.21. The SMILES string of the molecule is CN1CCN(C(N)=NCC2=CC(Br)C(COCCF)C#CC2)CC1. The van der Waals surface area contributed by atoms with Crippen molar-refractivity contribution in [3.8, 4) is 11.8 Å². The van der Waals surface area contributed by atoms with E-state index in [4.69, 9.17) is 10.5 Å². The van der Waals surface area contributed by atoms with Gasteiger partial charge in [-0.1, -0.05) is 33.8 Å². The van der Waals surface area contributed by atoms with Crippen LogP contribution < -0.4 is 5.73 Å². The molecule has 134 valence electrons. The van der Waals surface area contributed by atoms with Crippen molar-refractivity contribution in [2.24, 2.45) is 16.6 Å². The zero-order chi connectivity index (χ0) is 17.4. The zero-order valence-electron chi connectivity index (χ0n) is 14.2. The molecule has 1 aliphatic heterocycles. The third-order valence-corrected chi connectivity index (χ3v) is 5.08. The smallest absolute Gasteiger partial charge is 0.191 e. The van der Waals surface area contributed by atoms with E-state index in [-0.39, 0.29) is 17.4 Å². The minimum atomic E-state index is -0.464. The molecule has 1 saturated heterocycles. The van der Waals surface area contributed by atoms with Crippen molar-refractivity contribution in [2.75, 3.05) is 59.7 Å². The summed E-state index contributed by atoms with van der Waals surface area (Å²) in [6.07, 6.45) is 2.80. The number of nitrogens with zero attached hydrogens (tertiary/aromatic N) is 3. The number of guanidine groups is 1. The molecule has 2 aliphatic rings. The number of allylic oxidation sites excluding steroid dienone is 1. The summed E-state index contributed by atoms with van der Waals surface area (Å²) in [5.41, 5.74) is 7.27. The monoisotopic (exact) mass is 400 g/mol. The van der Waals surface area contributed by atoms with Crippen LogP contribution in [0.5, 0.6) is 0 Å². The summed E-state index contributed by atoms with van der Waals surface area (Å²) >= 11 is 3.64. The second-order valence-corrected chi connectivity index (χ2v) is 7.16. The van der Waals surface area contributed by atoms with Crippen molar-refractivity contribution in [3.63, 3.8) is 0 Å². The summed E-state index contributed by atoms with van der Waals surface area (Å²) in [5.74, 6) is 6.99. The molecule has 0 aromatic carbocycles. The van der Waals surface area contributed by atoms with E-state index in [1.165, 1.54) is 0 Å². The Balaban J connectivity index is 1.87. The predicted octanol–water partition coefficient (Wildman–Crippen LogP) is 1.25. The van der Waals surface area contributed by atoms with Crippen molar-refractivity contribution >= 4 is 21.9 Å².